The van der Waals surface area contributed by atoms with Crippen molar-refractivity contribution in [1.82, 2.24) is 9.99 Å². The van der Waals surface area contributed by atoms with E-state index < -0.39 is 11.7 Å². The van der Waals surface area contributed by atoms with Gasteiger partial charge in [-0.15, -0.1) is 0 Å². The molecule has 1 aromatic rings. The number of nitrogens with zero attached hydrogens (tertiary/aromatic N) is 3. The molecule has 98 valence electrons. The van der Waals surface area contributed by atoms with Crippen LogP contribution in [0.5, 0.6) is 0 Å². The fourth-order valence-electron chi connectivity index (χ4n) is 1.22. The molecular weight excluding hydrogens is 230 g/mol. The smallest absolute Gasteiger partial charge is 0.430 e. The zero-order chi connectivity index (χ0) is 13.8. The van der Waals surface area contributed by atoms with Crippen molar-refractivity contribution in [3.63, 3.8) is 0 Å². The third kappa shape index (κ3) is 4.53. The molecule has 0 atom stereocenters. The molecule has 1 heterocycles. The standard InChI is InChI=1S/C13H19N3O2/c1-10(11-8-6-7-9-14-11)15-16(5)12(17)18-13(2,3)4/h6-9H,1-5H3/b15-10+. The van der Waals surface area contributed by atoms with Crippen LogP contribution < -0.4 is 0 Å². The van der Waals surface area contributed by atoms with E-state index in [1.165, 1.54) is 5.01 Å². The zero-order valence-corrected chi connectivity index (χ0v) is 11.5. The van der Waals surface area contributed by atoms with E-state index in [0.717, 1.165) is 5.69 Å². The predicted octanol–water partition coefficient (Wildman–Crippen LogP) is 2.67. The normalized spacial score (nSPS) is 12.2. The van der Waals surface area contributed by atoms with Crippen LogP contribution in [0.1, 0.15) is 33.4 Å². The van der Waals surface area contributed by atoms with Crippen molar-refractivity contribution in [2.75, 3.05) is 7.05 Å². The van der Waals surface area contributed by atoms with Crippen molar-refractivity contribution in [2.45, 2.75) is 33.3 Å². The van der Waals surface area contributed by atoms with Crippen LogP contribution in [0.15, 0.2) is 29.5 Å². The summed E-state index contributed by atoms with van der Waals surface area (Å²) >= 11 is 0. The summed E-state index contributed by atoms with van der Waals surface area (Å²) in [6.07, 6.45) is 1.19. The van der Waals surface area contributed by atoms with Gasteiger partial charge in [-0.1, -0.05) is 6.07 Å². The van der Waals surface area contributed by atoms with E-state index in [9.17, 15) is 4.79 Å². The monoisotopic (exact) mass is 249 g/mol. The second kappa shape index (κ2) is 5.62. The lowest BCUT2D eigenvalue weighted by atomic mass is 10.2. The van der Waals surface area contributed by atoms with Crippen molar-refractivity contribution in [2.24, 2.45) is 5.10 Å². The highest BCUT2D eigenvalue weighted by molar-refractivity contribution is 5.97. The molecule has 5 nitrogen and oxygen atoms in total. The van der Waals surface area contributed by atoms with Gasteiger partial charge in [0.1, 0.15) is 5.60 Å². The maximum atomic E-state index is 11.7. The third-order valence-corrected chi connectivity index (χ3v) is 1.99. The van der Waals surface area contributed by atoms with Gasteiger partial charge in [0.15, 0.2) is 0 Å². The molecule has 0 N–H and O–H groups in total. The minimum atomic E-state index is -0.528. The summed E-state index contributed by atoms with van der Waals surface area (Å²) in [5.41, 5.74) is 0.858. The Labute approximate surface area is 107 Å². The molecule has 1 amide bonds. The Bertz CT molecular complexity index is 435. The van der Waals surface area contributed by atoms with Crippen molar-refractivity contribution in [3.8, 4) is 0 Å². The van der Waals surface area contributed by atoms with Gasteiger partial charge in [-0.2, -0.15) is 5.10 Å². The Morgan fingerprint density at radius 3 is 2.56 bits per heavy atom. The first-order valence-electron chi connectivity index (χ1n) is 5.73. The first kappa shape index (κ1) is 14.2. The van der Waals surface area contributed by atoms with Crippen molar-refractivity contribution >= 4 is 11.8 Å². The molecule has 0 aliphatic rings. The Morgan fingerprint density at radius 2 is 2.06 bits per heavy atom. The molecule has 0 aromatic carbocycles. The van der Waals surface area contributed by atoms with Crippen LogP contribution in [0.25, 0.3) is 0 Å². The lowest BCUT2D eigenvalue weighted by Gasteiger charge is -2.22. The topological polar surface area (TPSA) is 54.8 Å². The van der Waals surface area contributed by atoms with Crippen molar-refractivity contribution in [3.05, 3.63) is 30.1 Å². The number of carbonyl (C=O) groups is 1. The lowest BCUT2D eigenvalue weighted by molar-refractivity contribution is 0.0303. The molecular formula is C13H19N3O2. The summed E-state index contributed by atoms with van der Waals surface area (Å²) in [7, 11) is 1.56. The van der Waals surface area contributed by atoms with E-state index >= 15 is 0 Å². The number of aromatic nitrogens is 1. The summed E-state index contributed by atoms with van der Waals surface area (Å²) in [5, 5.41) is 5.32. The molecule has 18 heavy (non-hydrogen) atoms. The molecule has 0 saturated heterocycles. The van der Waals surface area contributed by atoms with Crippen LogP contribution in [-0.2, 0) is 4.74 Å². The Kier molecular flexibility index (Phi) is 4.42. The fraction of sp³-hybridized carbons (Fsp3) is 0.462. The van der Waals surface area contributed by atoms with Gasteiger partial charge in [0, 0.05) is 13.2 Å². The molecule has 1 rings (SSSR count). The van der Waals surface area contributed by atoms with E-state index in [1.807, 2.05) is 39.0 Å². The number of hydrazone groups is 1. The number of hydrogen-bond donors (Lipinski definition) is 0. The summed E-state index contributed by atoms with van der Waals surface area (Å²) in [6.45, 7) is 7.24. The van der Waals surface area contributed by atoms with Gasteiger partial charge in [0.05, 0.1) is 11.4 Å². The number of carbonyl (C=O) groups excluding carboxylic acids is 1. The average molecular weight is 249 g/mol. The maximum Gasteiger partial charge on any atom is 0.430 e. The number of rotatable bonds is 2. The molecule has 5 heteroatoms. The van der Waals surface area contributed by atoms with Crippen LogP contribution in [0.3, 0.4) is 0 Å². The number of amides is 1. The summed E-state index contributed by atoms with van der Waals surface area (Å²) < 4.78 is 5.20. The molecule has 0 spiro atoms. The van der Waals surface area contributed by atoms with Crippen LogP contribution in [-0.4, -0.2) is 34.4 Å². The fourth-order valence-corrected chi connectivity index (χ4v) is 1.22. The van der Waals surface area contributed by atoms with E-state index in [-0.39, 0.29) is 0 Å². The van der Waals surface area contributed by atoms with Crippen LogP contribution >= 0.6 is 0 Å². The van der Waals surface area contributed by atoms with E-state index in [0.29, 0.717) is 5.71 Å². The van der Waals surface area contributed by atoms with Gasteiger partial charge in [-0.3, -0.25) is 4.98 Å². The molecule has 0 fully saturated rings. The molecule has 0 saturated carbocycles. The van der Waals surface area contributed by atoms with Crippen LogP contribution in [0, 0.1) is 0 Å². The molecule has 0 aliphatic heterocycles. The number of pyridine rings is 1. The highest BCUT2D eigenvalue weighted by Crippen LogP contribution is 2.09. The molecule has 0 unspecified atom stereocenters. The average Bonchev–Trinajstić information content (AvgIpc) is 2.27. The number of hydrogen-bond acceptors (Lipinski definition) is 4. The summed E-state index contributed by atoms with van der Waals surface area (Å²) in [4.78, 5) is 15.9. The van der Waals surface area contributed by atoms with Crippen molar-refractivity contribution in [1.29, 1.82) is 0 Å². The molecule has 1 aromatic heterocycles. The summed E-state index contributed by atoms with van der Waals surface area (Å²) in [6, 6.07) is 5.53. The Hall–Kier alpha value is -1.91. The highest BCUT2D eigenvalue weighted by Gasteiger charge is 2.19. The van der Waals surface area contributed by atoms with E-state index in [1.54, 1.807) is 20.2 Å². The minimum absolute atomic E-state index is 0.488. The van der Waals surface area contributed by atoms with Crippen LogP contribution in [0.2, 0.25) is 0 Å². The quantitative estimate of drug-likeness (QED) is 0.598. The molecule has 0 aliphatic carbocycles. The maximum absolute atomic E-state index is 11.7. The Balaban J connectivity index is 2.74. The third-order valence-electron chi connectivity index (χ3n) is 1.99. The zero-order valence-electron chi connectivity index (χ0n) is 11.5. The second-order valence-electron chi connectivity index (χ2n) is 4.90. The summed E-state index contributed by atoms with van der Waals surface area (Å²) in [5.74, 6) is 0. The lowest BCUT2D eigenvalue weighted by Crippen LogP contribution is -2.31. The SMILES string of the molecule is C/C(=N\N(C)C(=O)OC(C)(C)C)c1ccccn1. The second-order valence-corrected chi connectivity index (χ2v) is 4.90. The molecule has 0 radical (unpaired) electrons. The van der Waals surface area contributed by atoms with Gasteiger partial charge in [-0.25, -0.2) is 9.80 Å². The van der Waals surface area contributed by atoms with Gasteiger partial charge in [-0.05, 0) is 39.8 Å². The highest BCUT2D eigenvalue weighted by atomic mass is 16.6. The van der Waals surface area contributed by atoms with Gasteiger partial charge in [0.2, 0.25) is 0 Å². The Morgan fingerprint density at radius 1 is 1.39 bits per heavy atom. The van der Waals surface area contributed by atoms with Gasteiger partial charge in [0.25, 0.3) is 0 Å². The largest absolute Gasteiger partial charge is 0.442 e. The minimum Gasteiger partial charge on any atom is -0.442 e. The first-order chi connectivity index (χ1) is 8.29. The van der Waals surface area contributed by atoms with Gasteiger partial charge >= 0.3 is 6.09 Å². The van der Waals surface area contributed by atoms with Crippen LogP contribution in [0.4, 0.5) is 4.79 Å². The van der Waals surface area contributed by atoms with E-state index in [2.05, 4.69) is 10.1 Å². The number of ether oxygens (including phenoxy) is 1. The first-order valence-corrected chi connectivity index (χ1v) is 5.73. The van der Waals surface area contributed by atoms with E-state index in [4.69, 9.17) is 4.74 Å². The molecule has 0 bridgehead atoms. The van der Waals surface area contributed by atoms with Crippen molar-refractivity contribution < 1.29 is 9.53 Å². The predicted molar refractivity (Wildman–Crippen MR) is 70.4 cm³/mol. The van der Waals surface area contributed by atoms with Gasteiger partial charge < -0.3 is 4.74 Å².